The summed E-state index contributed by atoms with van der Waals surface area (Å²) in [5.74, 6) is 0.0119. The number of hydrogen-bond donors (Lipinski definition) is 1. The van der Waals surface area contributed by atoms with Crippen molar-refractivity contribution in [1.82, 2.24) is 0 Å². The van der Waals surface area contributed by atoms with Crippen molar-refractivity contribution in [3.05, 3.63) is 46.7 Å². The number of benzene rings is 1. The van der Waals surface area contributed by atoms with Gasteiger partial charge in [-0.1, -0.05) is 26.8 Å². The molecule has 1 N–H and O–H groups in total. The molecule has 0 saturated carbocycles. The van der Waals surface area contributed by atoms with E-state index in [0.717, 1.165) is 16.3 Å². The highest BCUT2D eigenvalue weighted by molar-refractivity contribution is 7.10. The molecule has 1 heterocycles. The maximum Gasteiger partial charge on any atom is 0.313 e. The lowest BCUT2D eigenvalue weighted by atomic mass is 9.93. The van der Waals surface area contributed by atoms with Crippen LogP contribution in [0.25, 0.3) is 0 Å². The van der Waals surface area contributed by atoms with E-state index in [-0.39, 0.29) is 23.2 Å². The second kappa shape index (κ2) is 9.98. The Labute approximate surface area is 185 Å². The number of carbonyl (C=O) groups excluding carboxylic acids is 1. The molecule has 0 aliphatic carbocycles. The van der Waals surface area contributed by atoms with Crippen molar-refractivity contribution < 1.29 is 18.7 Å². The SMILES string of the molecule is COC(=O)[C@H]([C@H](C)O[Si](C)(C)C(C)(C)C)[C@@H](Nc1ccc(OC)cc1)c1cccs1. The van der Waals surface area contributed by atoms with E-state index in [1.165, 1.54) is 7.11 Å². The molecule has 30 heavy (non-hydrogen) atoms. The molecule has 0 unspecified atom stereocenters. The minimum Gasteiger partial charge on any atom is -0.497 e. The topological polar surface area (TPSA) is 56.8 Å². The summed E-state index contributed by atoms with van der Waals surface area (Å²) in [7, 11) is 1.01. The molecule has 2 rings (SSSR count). The minimum absolute atomic E-state index is 0.0454. The lowest BCUT2D eigenvalue weighted by Crippen LogP contribution is -2.48. The highest BCUT2D eigenvalue weighted by Gasteiger charge is 2.43. The van der Waals surface area contributed by atoms with Gasteiger partial charge in [0.1, 0.15) is 11.7 Å². The molecule has 0 radical (unpaired) electrons. The third-order valence-electron chi connectivity index (χ3n) is 5.89. The molecular formula is C23H35NO4SSi. The van der Waals surface area contributed by atoms with Gasteiger partial charge < -0.3 is 19.2 Å². The number of rotatable bonds is 9. The zero-order chi connectivity index (χ0) is 22.5. The first-order valence-corrected chi connectivity index (χ1v) is 14.0. The number of anilines is 1. The van der Waals surface area contributed by atoms with E-state index in [0.29, 0.717) is 0 Å². The van der Waals surface area contributed by atoms with Gasteiger partial charge in [0, 0.05) is 10.6 Å². The van der Waals surface area contributed by atoms with Crippen molar-refractivity contribution in [2.24, 2.45) is 5.92 Å². The fourth-order valence-electron chi connectivity index (χ4n) is 3.12. The maximum atomic E-state index is 13.0. The van der Waals surface area contributed by atoms with E-state index < -0.39 is 14.2 Å². The van der Waals surface area contributed by atoms with E-state index in [1.54, 1.807) is 18.4 Å². The van der Waals surface area contributed by atoms with Crippen molar-refractivity contribution in [2.75, 3.05) is 19.5 Å². The van der Waals surface area contributed by atoms with Crippen molar-refractivity contribution in [2.45, 2.75) is 58.0 Å². The highest BCUT2D eigenvalue weighted by atomic mass is 32.1. The van der Waals surface area contributed by atoms with E-state index >= 15 is 0 Å². The molecule has 0 fully saturated rings. The Bertz CT molecular complexity index is 800. The Morgan fingerprint density at radius 3 is 2.20 bits per heavy atom. The van der Waals surface area contributed by atoms with E-state index in [2.05, 4.69) is 39.2 Å². The molecule has 0 aliphatic heterocycles. The predicted octanol–water partition coefficient (Wildman–Crippen LogP) is 6.11. The molecule has 1 aromatic heterocycles. The Balaban J connectivity index is 2.40. The molecule has 0 saturated heterocycles. The van der Waals surface area contributed by atoms with Crippen LogP contribution in [0.1, 0.15) is 38.6 Å². The molecule has 3 atom stereocenters. The van der Waals surface area contributed by atoms with Gasteiger partial charge in [0.05, 0.1) is 26.4 Å². The summed E-state index contributed by atoms with van der Waals surface area (Å²) >= 11 is 1.62. The Morgan fingerprint density at radius 2 is 1.73 bits per heavy atom. The van der Waals surface area contributed by atoms with Gasteiger partial charge in [-0.2, -0.15) is 0 Å². The van der Waals surface area contributed by atoms with Crippen molar-refractivity contribution in [3.8, 4) is 5.75 Å². The molecule has 166 valence electrons. The lowest BCUT2D eigenvalue weighted by molar-refractivity contribution is -0.149. The van der Waals surface area contributed by atoms with Gasteiger partial charge >= 0.3 is 5.97 Å². The monoisotopic (exact) mass is 449 g/mol. The maximum absolute atomic E-state index is 13.0. The van der Waals surface area contributed by atoms with Gasteiger partial charge in [0.2, 0.25) is 0 Å². The van der Waals surface area contributed by atoms with Gasteiger partial charge in [-0.3, -0.25) is 4.79 Å². The third-order valence-corrected chi connectivity index (χ3v) is 11.4. The number of thiophene rings is 1. The Morgan fingerprint density at radius 1 is 1.10 bits per heavy atom. The summed E-state index contributed by atoms with van der Waals surface area (Å²) in [5.41, 5.74) is 0.905. The molecular weight excluding hydrogens is 414 g/mol. The molecule has 7 heteroatoms. The normalized spacial score (nSPS) is 15.2. The number of methoxy groups -OCH3 is 2. The van der Waals surface area contributed by atoms with Crippen LogP contribution in [0.5, 0.6) is 5.75 Å². The van der Waals surface area contributed by atoms with Crippen LogP contribution in [0.2, 0.25) is 18.1 Å². The zero-order valence-corrected chi connectivity index (χ0v) is 21.1. The standard InChI is InChI=1S/C23H35NO4SSi/c1-16(28-30(7,8)23(2,3)4)20(22(25)27-6)21(19-10-9-15-29-19)24-17-11-13-18(26-5)14-12-17/h9-16,20-21,24H,1-8H3/t16-,20+,21-/m0/s1. The molecule has 1 aromatic carbocycles. The smallest absolute Gasteiger partial charge is 0.313 e. The average Bonchev–Trinajstić information content (AvgIpc) is 3.21. The lowest BCUT2D eigenvalue weighted by Gasteiger charge is -2.41. The summed E-state index contributed by atoms with van der Waals surface area (Å²) in [6, 6.07) is 11.5. The number of carbonyl (C=O) groups is 1. The van der Waals surface area contributed by atoms with Crippen LogP contribution in [0.15, 0.2) is 41.8 Å². The predicted molar refractivity (Wildman–Crippen MR) is 127 cm³/mol. The Kier molecular flexibility index (Phi) is 8.13. The van der Waals surface area contributed by atoms with Gasteiger partial charge in [-0.25, -0.2) is 0 Å². The van der Waals surface area contributed by atoms with Crippen LogP contribution in [-0.2, 0) is 14.0 Å². The van der Waals surface area contributed by atoms with E-state index in [9.17, 15) is 4.79 Å². The molecule has 0 spiro atoms. The Hall–Kier alpha value is -1.83. The second-order valence-electron chi connectivity index (χ2n) is 9.00. The third kappa shape index (κ3) is 5.86. The summed E-state index contributed by atoms with van der Waals surface area (Å²) in [6.45, 7) is 13.0. The number of esters is 1. The van der Waals surface area contributed by atoms with Crippen molar-refractivity contribution in [1.29, 1.82) is 0 Å². The van der Waals surface area contributed by atoms with Gasteiger partial charge in [0.25, 0.3) is 0 Å². The van der Waals surface area contributed by atoms with Gasteiger partial charge in [-0.15, -0.1) is 11.3 Å². The van der Waals surface area contributed by atoms with Crippen molar-refractivity contribution in [3.63, 3.8) is 0 Å². The largest absolute Gasteiger partial charge is 0.497 e. The molecule has 0 aliphatic rings. The first-order chi connectivity index (χ1) is 14.0. The van der Waals surface area contributed by atoms with Gasteiger partial charge in [-0.05, 0) is 60.8 Å². The van der Waals surface area contributed by atoms with Crippen LogP contribution < -0.4 is 10.1 Å². The second-order valence-corrected chi connectivity index (χ2v) is 14.7. The number of ether oxygens (including phenoxy) is 2. The van der Waals surface area contributed by atoms with Crippen LogP contribution in [0, 0.1) is 5.92 Å². The number of nitrogens with one attached hydrogen (secondary N) is 1. The summed E-state index contributed by atoms with van der Waals surface area (Å²) < 4.78 is 17.1. The number of hydrogen-bond acceptors (Lipinski definition) is 6. The summed E-state index contributed by atoms with van der Waals surface area (Å²) in [6.07, 6.45) is -0.309. The van der Waals surface area contributed by atoms with E-state index in [1.807, 2.05) is 48.7 Å². The zero-order valence-electron chi connectivity index (χ0n) is 19.3. The highest BCUT2D eigenvalue weighted by Crippen LogP contribution is 2.40. The summed E-state index contributed by atoms with van der Waals surface area (Å²) in [4.78, 5) is 14.0. The molecule has 2 aromatic rings. The van der Waals surface area contributed by atoms with Crippen LogP contribution in [0.4, 0.5) is 5.69 Å². The van der Waals surface area contributed by atoms with Crippen LogP contribution >= 0.6 is 11.3 Å². The van der Waals surface area contributed by atoms with Crippen LogP contribution in [-0.4, -0.2) is 34.6 Å². The average molecular weight is 450 g/mol. The van der Waals surface area contributed by atoms with Gasteiger partial charge in [0.15, 0.2) is 8.32 Å². The molecule has 0 bridgehead atoms. The van der Waals surface area contributed by atoms with Crippen LogP contribution in [0.3, 0.4) is 0 Å². The fraction of sp³-hybridized carbons (Fsp3) is 0.522. The molecule has 5 nitrogen and oxygen atoms in total. The molecule has 0 amide bonds. The first kappa shape index (κ1) is 24.4. The minimum atomic E-state index is -2.07. The first-order valence-electron chi connectivity index (χ1n) is 10.2. The van der Waals surface area contributed by atoms with E-state index in [4.69, 9.17) is 13.9 Å². The van der Waals surface area contributed by atoms with Crippen molar-refractivity contribution >= 4 is 31.3 Å². The fourth-order valence-corrected chi connectivity index (χ4v) is 5.38. The summed E-state index contributed by atoms with van der Waals surface area (Å²) in [5, 5.41) is 5.61. The quantitative estimate of drug-likeness (QED) is 0.370.